The van der Waals surface area contributed by atoms with E-state index in [1.165, 1.54) is 48.5 Å². The number of carbonyl (C=O) groups is 2. The molecule has 6 aromatic carbocycles. The smallest absolute Gasteiger partial charge is 0.337 e. The summed E-state index contributed by atoms with van der Waals surface area (Å²) in [6.07, 6.45) is 1.79. The molecule has 0 bridgehead atoms. The molecule has 0 aliphatic heterocycles. The lowest BCUT2D eigenvalue weighted by Gasteiger charge is -2.15. The van der Waals surface area contributed by atoms with Crippen molar-refractivity contribution in [2.24, 2.45) is 0 Å². The van der Waals surface area contributed by atoms with Crippen LogP contribution in [0.1, 0.15) is 31.8 Å². The molecule has 0 spiro atoms. The quantitative estimate of drug-likeness (QED) is 0.0146. The van der Waals surface area contributed by atoms with Crippen molar-refractivity contribution < 1.29 is 107 Å². The van der Waals surface area contributed by atoms with Gasteiger partial charge in [-0.05, 0) is 109 Å². The zero-order valence-electron chi connectivity index (χ0n) is 44.4. The molecule has 0 fully saturated rings. The number of nitrogens with zero attached hydrogens (tertiary/aromatic N) is 6. The molecule has 0 aliphatic carbocycles. The monoisotopic (exact) mass is 1350 g/mol. The largest absolute Gasteiger partial charge is 0.465 e. The van der Waals surface area contributed by atoms with Crippen LogP contribution in [0.25, 0.3) is 34.9 Å². The number of ether oxygens (including phenoxy) is 2. The number of nitrogens with one attached hydrogen (secondary N) is 4. The van der Waals surface area contributed by atoms with Gasteiger partial charge in [-0.2, -0.15) is 91.4 Å². The summed E-state index contributed by atoms with van der Waals surface area (Å²) in [7, 11) is -28.9. The molecule has 12 N–H and O–H groups in total. The first-order valence-corrected chi connectivity index (χ1v) is 32.3. The molecule has 466 valence electrons. The van der Waals surface area contributed by atoms with E-state index in [2.05, 4.69) is 61.0 Å². The fourth-order valence-corrected chi connectivity index (χ4v) is 11.3. The van der Waals surface area contributed by atoms with Crippen LogP contribution < -0.4 is 37.0 Å². The number of hydrogen-bond acceptors (Lipinski definition) is 29. The molecule has 0 aliphatic rings. The number of carbonyl (C=O) groups excluding carboxylic acids is 2. The van der Waals surface area contributed by atoms with Gasteiger partial charge in [0.05, 0.1) is 46.5 Å². The third-order valence-electron chi connectivity index (χ3n) is 11.6. The van der Waals surface area contributed by atoms with Gasteiger partial charge in [-0.1, -0.05) is 24.3 Å². The Hall–Kier alpha value is -9.92. The minimum Gasteiger partial charge on any atom is -0.465 e. The van der Waals surface area contributed by atoms with Crippen molar-refractivity contribution in [2.45, 2.75) is 29.4 Å². The van der Waals surface area contributed by atoms with E-state index >= 15 is 0 Å². The van der Waals surface area contributed by atoms with Gasteiger partial charge in [0.1, 0.15) is 19.6 Å². The summed E-state index contributed by atoms with van der Waals surface area (Å²) in [5.41, 5.74) is 7.56. The van der Waals surface area contributed by atoms with Crippen molar-refractivity contribution in [1.82, 2.24) is 29.9 Å². The molecule has 0 radical (unpaired) electrons. The number of benzene rings is 6. The van der Waals surface area contributed by atoms with Crippen molar-refractivity contribution in [1.29, 1.82) is 0 Å². The van der Waals surface area contributed by atoms with E-state index in [1.807, 2.05) is 0 Å². The van der Waals surface area contributed by atoms with E-state index in [0.717, 1.165) is 56.7 Å². The first-order valence-electron chi connectivity index (χ1n) is 23.7. The third kappa shape index (κ3) is 16.0. The summed E-state index contributed by atoms with van der Waals surface area (Å²) in [5.74, 6) is -5.11. The van der Waals surface area contributed by atoms with E-state index in [-0.39, 0.29) is 28.2 Å². The average Bonchev–Trinajstić information content (AvgIpc) is 1.19. The molecular weight excluding hydrogens is 1310 g/mol. The maximum Gasteiger partial charge on any atom is 0.337 e. The predicted molar refractivity (Wildman–Crippen MR) is 306 cm³/mol. The van der Waals surface area contributed by atoms with Crippen LogP contribution in [0, 0.1) is 0 Å². The summed E-state index contributed by atoms with van der Waals surface area (Å²) in [4.78, 5) is 54.0. The van der Waals surface area contributed by atoms with Gasteiger partial charge in [-0.3, -0.25) is 27.3 Å². The minimum atomic E-state index is -5.41. The van der Waals surface area contributed by atoms with Gasteiger partial charge in [0.15, 0.2) is 23.1 Å². The Labute approximate surface area is 502 Å². The number of methoxy groups -OCH3 is 2. The Morgan fingerprint density at radius 2 is 0.820 bits per heavy atom. The Kier molecular flexibility index (Phi) is 18.3. The molecule has 0 saturated carbocycles. The number of aromatic nitrogens is 6. The molecule has 0 amide bonds. The molecular formula is C48H39N11O24S6. The van der Waals surface area contributed by atoms with Gasteiger partial charge >= 0.3 is 11.9 Å². The van der Waals surface area contributed by atoms with Gasteiger partial charge in [-0.15, -0.1) is 0 Å². The summed E-state index contributed by atoms with van der Waals surface area (Å²) in [6, 6.07) is 18.7. The summed E-state index contributed by atoms with van der Waals surface area (Å²) >= 11 is 0. The Morgan fingerprint density at radius 3 is 1.21 bits per heavy atom. The zero-order chi connectivity index (χ0) is 65.2. The SMILES string of the molecule is COC(=O)c1ccc(ONc2nc(Nc3cc(S(=O)(=O)O)ccc3S(=O)(=O)O)nc(-c3ccc(C=Cc4c(N)cc(-c5nc(NOc6ccc(C(=O)OC)cc6)nc(Nc6cc(S(=O)(=O)O)ccc6S(=O)(=O)O)n5)cc4S(=O)(=O)O)c(S(=O)(=O)O)c3)n2)cc1. The number of nitrogen functional groups attached to an aromatic ring is 1. The predicted octanol–water partition coefficient (Wildman–Crippen LogP) is 4.50. The van der Waals surface area contributed by atoms with Gasteiger partial charge in [0.25, 0.3) is 72.6 Å². The van der Waals surface area contributed by atoms with Crippen LogP contribution in [0.2, 0.25) is 0 Å². The zero-order valence-corrected chi connectivity index (χ0v) is 49.3. The van der Waals surface area contributed by atoms with Gasteiger partial charge in [0.2, 0.25) is 11.9 Å². The van der Waals surface area contributed by atoms with E-state index in [9.17, 15) is 87.4 Å². The van der Waals surface area contributed by atoms with Crippen LogP contribution in [-0.2, 0) is 70.2 Å². The van der Waals surface area contributed by atoms with Gasteiger partial charge in [-0.25, -0.2) is 9.59 Å². The lowest BCUT2D eigenvalue weighted by Crippen LogP contribution is -2.13. The second kappa shape index (κ2) is 25.1. The average molecular weight is 1350 g/mol. The van der Waals surface area contributed by atoms with Crippen molar-refractivity contribution >= 4 is 126 Å². The lowest BCUT2D eigenvalue weighted by atomic mass is 10.1. The normalized spacial score (nSPS) is 12.2. The molecule has 0 atom stereocenters. The Balaban J connectivity index is 1.20. The van der Waals surface area contributed by atoms with Crippen molar-refractivity contribution in [3.05, 3.63) is 138 Å². The molecule has 2 aromatic heterocycles. The molecule has 0 saturated heterocycles. The Bertz CT molecular complexity index is 4930. The standard InChI is InChI=1S/C48H39N11O24S6/c1-80-43(60)25-5-10-29(11-6-25)82-58-47-54-41(52-45(56-47)50-35-22-31(84(62,63)64)14-17-37(35)86(68,69)70)27-4-3-24(39(20-27)88(74,75)76)9-16-33-34(49)19-28(21-40(33)89(77,78)79)42-53-46(51-36-23-32(85(65,66)67)15-18-38(36)87(71,72)73)57-48(55-42)59-83-30-12-7-26(8-13-30)44(61)81-2/h3-23H,49H2,1-2H3,(H,62,63,64)(H,65,66,67)(H,68,69,70)(H,71,72,73)(H,74,75,76)(H,77,78,79)(H2,50,52,54,56,58)(H2,51,53,55,57,59). The van der Waals surface area contributed by atoms with Crippen molar-refractivity contribution in [2.75, 3.05) is 41.5 Å². The van der Waals surface area contributed by atoms with Crippen molar-refractivity contribution in [3.63, 3.8) is 0 Å². The minimum absolute atomic E-state index is 0.00339. The first kappa shape index (κ1) is 65.1. The molecule has 0 unspecified atom stereocenters. The second-order valence-electron chi connectivity index (χ2n) is 17.5. The number of anilines is 7. The summed E-state index contributed by atoms with van der Waals surface area (Å²) in [5, 5.41) is 4.73. The van der Waals surface area contributed by atoms with Crippen LogP contribution in [0.4, 0.5) is 40.9 Å². The lowest BCUT2D eigenvalue weighted by molar-refractivity contribution is 0.0592. The molecule has 8 rings (SSSR count). The van der Waals surface area contributed by atoms with E-state index in [1.54, 1.807) is 0 Å². The maximum atomic E-state index is 13.2. The number of nitrogens with two attached hydrogens (primary N) is 1. The molecule has 89 heavy (non-hydrogen) atoms. The number of esters is 2. The highest BCUT2D eigenvalue weighted by Gasteiger charge is 2.26. The highest BCUT2D eigenvalue weighted by molar-refractivity contribution is 7.87. The maximum absolute atomic E-state index is 13.2. The van der Waals surface area contributed by atoms with Crippen molar-refractivity contribution in [3.8, 4) is 34.3 Å². The van der Waals surface area contributed by atoms with Gasteiger partial charge in [0, 0.05) is 22.4 Å². The third-order valence-corrected chi connectivity index (χ3v) is 16.9. The number of rotatable bonds is 22. The summed E-state index contributed by atoms with van der Waals surface area (Å²) < 4.78 is 220. The first-order chi connectivity index (χ1) is 41.5. The fraction of sp³-hybridized carbons (Fsp3) is 0.0417. The van der Waals surface area contributed by atoms with Crippen LogP contribution >= 0.6 is 0 Å². The topological polar surface area (TPSA) is 549 Å². The molecule has 8 aromatic rings. The van der Waals surface area contributed by atoms with Crippen LogP contribution in [0.3, 0.4) is 0 Å². The van der Waals surface area contributed by atoms with E-state index < -0.39 is 171 Å². The van der Waals surface area contributed by atoms with Gasteiger partial charge < -0.3 is 35.5 Å². The molecule has 41 heteroatoms. The van der Waals surface area contributed by atoms with Crippen LogP contribution in [0.15, 0.2) is 145 Å². The number of hydrogen-bond donors (Lipinski definition) is 11. The fourth-order valence-electron chi connectivity index (χ4n) is 7.58. The highest BCUT2D eigenvalue weighted by Crippen LogP contribution is 2.35. The second-order valence-corrected chi connectivity index (χ2v) is 25.9. The Morgan fingerprint density at radius 1 is 0.427 bits per heavy atom. The van der Waals surface area contributed by atoms with E-state index in [0.29, 0.717) is 36.4 Å². The molecule has 2 heterocycles. The van der Waals surface area contributed by atoms with E-state index in [4.69, 9.17) is 15.4 Å². The van der Waals surface area contributed by atoms with Crippen LogP contribution in [0.5, 0.6) is 11.5 Å². The van der Waals surface area contributed by atoms with Crippen LogP contribution in [-0.4, -0.2) is 134 Å². The summed E-state index contributed by atoms with van der Waals surface area (Å²) in [6.45, 7) is 0. The highest BCUT2D eigenvalue weighted by atomic mass is 32.2. The molecule has 35 nitrogen and oxygen atoms in total.